The molecule has 0 fully saturated rings. The first-order chi connectivity index (χ1) is 8.81. The number of carbonyl (C=O) groups excluding carboxylic acids is 1. The third kappa shape index (κ3) is 3.44. The Kier molecular flexibility index (Phi) is 4.89. The van der Waals surface area contributed by atoms with Crippen molar-refractivity contribution in [3.63, 3.8) is 0 Å². The number of halogens is 2. The highest BCUT2D eigenvalue weighted by Crippen LogP contribution is 2.28. The van der Waals surface area contributed by atoms with E-state index in [0.717, 1.165) is 6.07 Å². The summed E-state index contributed by atoms with van der Waals surface area (Å²) in [5.74, 6) is -2.88. The van der Waals surface area contributed by atoms with Gasteiger partial charge in [0.15, 0.2) is 5.41 Å². The normalized spacial score (nSPS) is 13.7. The molecule has 0 aliphatic rings. The lowest BCUT2D eigenvalue weighted by atomic mass is 9.83. The van der Waals surface area contributed by atoms with Crippen LogP contribution in [0.4, 0.5) is 4.39 Å². The molecule has 6 heteroatoms. The van der Waals surface area contributed by atoms with Crippen molar-refractivity contribution in [3.8, 4) is 0 Å². The van der Waals surface area contributed by atoms with Crippen molar-refractivity contribution in [1.82, 2.24) is 0 Å². The molecular formula is C13H14ClFO4. The predicted molar refractivity (Wildman–Crippen MR) is 67.5 cm³/mol. The van der Waals surface area contributed by atoms with Crippen LogP contribution < -0.4 is 0 Å². The second-order valence-electron chi connectivity index (χ2n) is 4.27. The number of carboxylic acids is 1. The Balaban J connectivity index is 3.12. The number of hydrogen-bond donors (Lipinski definition) is 1. The summed E-state index contributed by atoms with van der Waals surface area (Å²) in [5, 5.41) is 9.47. The standard InChI is InChI=1S/C13H14ClFO4/c1-3-19-12(18)13(2,11(16)17)7-8-6-9(14)4-5-10(8)15/h4-6H,3,7H2,1-2H3,(H,16,17). The van der Waals surface area contributed by atoms with Gasteiger partial charge < -0.3 is 9.84 Å². The molecule has 1 aromatic carbocycles. The van der Waals surface area contributed by atoms with Crippen LogP contribution in [0, 0.1) is 11.2 Å². The first kappa shape index (κ1) is 15.4. The summed E-state index contributed by atoms with van der Waals surface area (Å²) >= 11 is 5.74. The van der Waals surface area contributed by atoms with Crippen LogP contribution in [0.3, 0.4) is 0 Å². The van der Waals surface area contributed by atoms with Gasteiger partial charge in [0, 0.05) is 11.4 Å². The molecule has 19 heavy (non-hydrogen) atoms. The van der Waals surface area contributed by atoms with Gasteiger partial charge in [-0.25, -0.2) is 4.39 Å². The van der Waals surface area contributed by atoms with Crippen molar-refractivity contribution >= 4 is 23.5 Å². The van der Waals surface area contributed by atoms with Crippen LogP contribution in [0.15, 0.2) is 18.2 Å². The molecule has 0 aromatic heterocycles. The van der Waals surface area contributed by atoms with Crippen molar-refractivity contribution in [2.75, 3.05) is 6.61 Å². The topological polar surface area (TPSA) is 63.6 Å². The molecule has 1 unspecified atom stereocenters. The minimum atomic E-state index is -1.85. The largest absolute Gasteiger partial charge is 0.480 e. The smallest absolute Gasteiger partial charge is 0.323 e. The third-order valence-electron chi connectivity index (χ3n) is 2.75. The summed E-state index contributed by atoms with van der Waals surface area (Å²) in [7, 11) is 0. The molecule has 0 saturated carbocycles. The average molecular weight is 289 g/mol. The lowest BCUT2D eigenvalue weighted by molar-refractivity contribution is -0.167. The van der Waals surface area contributed by atoms with Crippen molar-refractivity contribution < 1.29 is 23.8 Å². The van der Waals surface area contributed by atoms with Gasteiger partial charge in [-0.05, 0) is 37.6 Å². The average Bonchev–Trinajstić information content (AvgIpc) is 2.33. The number of rotatable bonds is 5. The van der Waals surface area contributed by atoms with E-state index in [1.165, 1.54) is 19.1 Å². The lowest BCUT2D eigenvalue weighted by Gasteiger charge is -2.22. The molecule has 0 heterocycles. The number of carbonyl (C=O) groups is 2. The van der Waals surface area contributed by atoms with E-state index in [2.05, 4.69) is 0 Å². The predicted octanol–water partition coefficient (Wildman–Crippen LogP) is 2.68. The monoisotopic (exact) mass is 288 g/mol. The SMILES string of the molecule is CCOC(=O)C(C)(Cc1cc(Cl)ccc1F)C(=O)O. The highest BCUT2D eigenvalue weighted by molar-refractivity contribution is 6.30. The summed E-state index contributed by atoms with van der Waals surface area (Å²) < 4.78 is 18.3. The third-order valence-corrected chi connectivity index (χ3v) is 2.98. The Morgan fingerprint density at radius 3 is 2.63 bits per heavy atom. The fraction of sp³-hybridized carbons (Fsp3) is 0.385. The maximum Gasteiger partial charge on any atom is 0.323 e. The molecule has 0 amide bonds. The molecule has 1 N–H and O–H groups in total. The molecule has 1 atom stereocenters. The Morgan fingerprint density at radius 1 is 1.47 bits per heavy atom. The molecule has 4 nitrogen and oxygen atoms in total. The number of benzene rings is 1. The second-order valence-corrected chi connectivity index (χ2v) is 4.71. The van der Waals surface area contributed by atoms with Crippen LogP contribution in [0.5, 0.6) is 0 Å². The van der Waals surface area contributed by atoms with Crippen LogP contribution in [0.25, 0.3) is 0 Å². The molecule has 0 saturated heterocycles. The molecule has 1 aromatic rings. The number of carboxylic acid groups (broad SMARTS) is 1. The molecule has 0 radical (unpaired) electrons. The fourth-order valence-electron chi connectivity index (χ4n) is 1.59. The van der Waals surface area contributed by atoms with Gasteiger partial charge in [0.2, 0.25) is 0 Å². The summed E-state index contributed by atoms with van der Waals surface area (Å²) in [5.41, 5.74) is -1.79. The van der Waals surface area contributed by atoms with Gasteiger partial charge in [-0.1, -0.05) is 11.6 Å². The van der Waals surface area contributed by atoms with Crippen molar-refractivity contribution in [2.45, 2.75) is 20.3 Å². The van der Waals surface area contributed by atoms with Crippen LogP contribution in [-0.2, 0) is 20.7 Å². The maximum absolute atomic E-state index is 13.6. The molecule has 1 rings (SSSR count). The number of ether oxygens (including phenoxy) is 1. The van der Waals surface area contributed by atoms with Gasteiger partial charge in [0.25, 0.3) is 0 Å². The van der Waals surface area contributed by atoms with Crippen molar-refractivity contribution in [2.24, 2.45) is 5.41 Å². The first-order valence-electron chi connectivity index (χ1n) is 5.65. The Labute approximate surface area is 115 Å². The summed E-state index contributed by atoms with van der Waals surface area (Å²) in [6.45, 7) is 2.83. The van der Waals surface area contributed by atoms with Gasteiger partial charge in [0.1, 0.15) is 5.82 Å². The van der Waals surface area contributed by atoms with Gasteiger partial charge >= 0.3 is 11.9 Å². The van der Waals surface area contributed by atoms with E-state index in [1.807, 2.05) is 0 Å². The fourth-order valence-corrected chi connectivity index (χ4v) is 1.78. The first-order valence-corrected chi connectivity index (χ1v) is 6.03. The molecule has 104 valence electrons. The van der Waals surface area contributed by atoms with E-state index >= 15 is 0 Å². The summed E-state index contributed by atoms with van der Waals surface area (Å²) in [6.07, 6.45) is -0.326. The highest BCUT2D eigenvalue weighted by atomic mass is 35.5. The minimum Gasteiger partial charge on any atom is -0.480 e. The zero-order chi connectivity index (χ0) is 14.6. The molecule has 0 aliphatic carbocycles. The maximum atomic E-state index is 13.6. The van der Waals surface area contributed by atoms with E-state index in [0.29, 0.717) is 0 Å². The number of hydrogen-bond acceptors (Lipinski definition) is 3. The Hall–Kier alpha value is -1.62. The molecular weight excluding hydrogens is 275 g/mol. The van der Waals surface area contributed by atoms with E-state index in [1.54, 1.807) is 6.92 Å². The summed E-state index contributed by atoms with van der Waals surface area (Å²) in [6, 6.07) is 3.78. The van der Waals surface area contributed by atoms with Crippen LogP contribution in [0.1, 0.15) is 19.4 Å². The number of aliphatic carboxylic acids is 1. The van der Waals surface area contributed by atoms with Gasteiger partial charge in [-0.2, -0.15) is 0 Å². The minimum absolute atomic E-state index is 0.0553. The molecule has 0 bridgehead atoms. The Morgan fingerprint density at radius 2 is 2.11 bits per heavy atom. The van der Waals surface area contributed by atoms with Crippen molar-refractivity contribution in [1.29, 1.82) is 0 Å². The van der Waals surface area contributed by atoms with Crippen LogP contribution in [0.2, 0.25) is 5.02 Å². The van der Waals surface area contributed by atoms with E-state index in [-0.39, 0.29) is 23.6 Å². The van der Waals surface area contributed by atoms with Gasteiger partial charge in [-0.15, -0.1) is 0 Å². The summed E-state index contributed by atoms with van der Waals surface area (Å²) in [4.78, 5) is 23.0. The Bertz CT molecular complexity index is 503. The number of esters is 1. The van der Waals surface area contributed by atoms with Gasteiger partial charge in [0.05, 0.1) is 6.61 Å². The van der Waals surface area contributed by atoms with E-state index in [9.17, 15) is 19.1 Å². The van der Waals surface area contributed by atoms with Crippen LogP contribution >= 0.6 is 11.6 Å². The quantitative estimate of drug-likeness (QED) is 0.668. The van der Waals surface area contributed by atoms with Gasteiger partial charge in [-0.3, -0.25) is 9.59 Å². The van der Waals surface area contributed by atoms with Crippen LogP contribution in [-0.4, -0.2) is 23.7 Å². The molecule has 0 aliphatic heterocycles. The van der Waals surface area contributed by atoms with E-state index < -0.39 is 23.2 Å². The zero-order valence-corrected chi connectivity index (χ0v) is 11.3. The molecule has 0 spiro atoms. The zero-order valence-electron chi connectivity index (χ0n) is 10.6. The van der Waals surface area contributed by atoms with E-state index in [4.69, 9.17) is 16.3 Å². The lowest BCUT2D eigenvalue weighted by Crippen LogP contribution is -2.40. The second kappa shape index (κ2) is 6.02. The van der Waals surface area contributed by atoms with Crippen molar-refractivity contribution in [3.05, 3.63) is 34.6 Å². The highest BCUT2D eigenvalue weighted by Gasteiger charge is 2.43.